The number of para-hydroxylation sites is 1. The van der Waals surface area contributed by atoms with Crippen LogP contribution in [0.5, 0.6) is 11.5 Å². The highest BCUT2D eigenvalue weighted by molar-refractivity contribution is 5.61. The molecule has 1 aromatic rings. The Labute approximate surface area is 78.5 Å². The van der Waals surface area contributed by atoms with Crippen LogP contribution in [-0.4, -0.2) is 11.7 Å². The molecule has 0 radical (unpaired) electrons. The first-order chi connectivity index (χ1) is 6.29. The lowest BCUT2D eigenvalue weighted by atomic mass is 10.2. The third-order valence-electron chi connectivity index (χ3n) is 1.68. The third kappa shape index (κ3) is 2.25. The van der Waals surface area contributed by atoms with Gasteiger partial charge in [-0.25, -0.2) is 0 Å². The number of hydrogen-bond donors (Lipinski definition) is 1. The summed E-state index contributed by atoms with van der Waals surface area (Å²) >= 11 is 0. The molecule has 1 N–H and O–H groups in total. The standard InChI is InChI=1S/C11H14O2/c1-3-6-9-7-5-8-10(11(9)12)13-4-2/h3,5-8,12H,4H2,1-2H3/b6-3-. The Kier molecular flexibility index (Phi) is 3.38. The van der Waals surface area contributed by atoms with Crippen molar-refractivity contribution in [2.24, 2.45) is 0 Å². The van der Waals surface area contributed by atoms with Crippen molar-refractivity contribution in [1.29, 1.82) is 0 Å². The average molecular weight is 178 g/mol. The quantitative estimate of drug-likeness (QED) is 0.771. The van der Waals surface area contributed by atoms with Crippen molar-refractivity contribution in [2.75, 3.05) is 6.61 Å². The minimum absolute atomic E-state index is 0.211. The summed E-state index contributed by atoms with van der Waals surface area (Å²) in [6, 6.07) is 5.46. The van der Waals surface area contributed by atoms with Crippen molar-refractivity contribution in [3.05, 3.63) is 29.8 Å². The van der Waals surface area contributed by atoms with E-state index in [1.54, 1.807) is 6.07 Å². The third-order valence-corrected chi connectivity index (χ3v) is 1.68. The minimum Gasteiger partial charge on any atom is -0.504 e. The van der Waals surface area contributed by atoms with E-state index in [0.29, 0.717) is 12.4 Å². The van der Waals surface area contributed by atoms with E-state index in [0.717, 1.165) is 5.56 Å². The molecule has 0 heterocycles. The first kappa shape index (κ1) is 9.65. The van der Waals surface area contributed by atoms with Crippen LogP contribution in [0.25, 0.3) is 6.08 Å². The Balaban J connectivity index is 3.03. The summed E-state index contributed by atoms with van der Waals surface area (Å²) in [5.41, 5.74) is 0.786. The molecule has 0 atom stereocenters. The lowest BCUT2D eigenvalue weighted by Crippen LogP contribution is -1.92. The van der Waals surface area contributed by atoms with Crippen LogP contribution in [0, 0.1) is 0 Å². The van der Waals surface area contributed by atoms with Crippen LogP contribution >= 0.6 is 0 Å². The highest BCUT2D eigenvalue weighted by atomic mass is 16.5. The number of aromatic hydroxyl groups is 1. The Morgan fingerprint density at radius 3 is 2.85 bits per heavy atom. The molecule has 1 rings (SSSR count). The number of ether oxygens (including phenoxy) is 1. The van der Waals surface area contributed by atoms with E-state index in [1.165, 1.54) is 0 Å². The molecule has 2 heteroatoms. The van der Waals surface area contributed by atoms with Gasteiger partial charge in [0.25, 0.3) is 0 Å². The second kappa shape index (κ2) is 4.55. The Morgan fingerprint density at radius 2 is 2.23 bits per heavy atom. The van der Waals surface area contributed by atoms with Crippen LogP contribution in [0.1, 0.15) is 19.4 Å². The molecule has 0 saturated heterocycles. The zero-order chi connectivity index (χ0) is 9.68. The number of hydrogen-bond acceptors (Lipinski definition) is 2. The minimum atomic E-state index is 0.211. The lowest BCUT2D eigenvalue weighted by Gasteiger charge is -2.06. The Morgan fingerprint density at radius 1 is 1.46 bits per heavy atom. The highest BCUT2D eigenvalue weighted by Crippen LogP contribution is 2.30. The Hall–Kier alpha value is -1.44. The van der Waals surface area contributed by atoms with Crippen LogP contribution in [0.15, 0.2) is 24.3 Å². The van der Waals surface area contributed by atoms with Crippen molar-refractivity contribution in [1.82, 2.24) is 0 Å². The second-order valence-electron chi connectivity index (χ2n) is 2.63. The van der Waals surface area contributed by atoms with Gasteiger partial charge >= 0.3 is 0 Å². The van der Waals surface area contributed by atoms with Gasteiger partial charge in [-0.3, -0.25) is 0 Å². The van der Waals surface area contributed by atoms with Crippen molar-refractivity contribution in [3.8, 4) is 11.5 Å². The first-order valence-corrected chi connectivity index (χ1v) is 4.37. The maximum atomic E-state index is 9.67. The van der Waals surface area contributed by atoms with Crippen molar-refractivity contribution in [2.45, 2.75) is 13.8 Å². The van der Waals surface area contributed by atoms with Gasteiger partial charge in [-0.2, -0.15) is 0 Å². The molecule has 0 saturated carbocycles. The predicted octanol–water partition coefficient (Wildman–Crippen LogP) is 2.82. The summed E-state index contributed by atoms with van der Waals surface area (Å²) in [5, 5.41) is 9.67. The average Bonchev–Trinajstić information content (AvgIpc) is 2.13. The van der Waals surface area contributed by atoms with Crippen LogP contribution < -0.4 is 4.74 Å². The number of phenols is 1. The topological polar surface area (TPSA) is 29.5 Å². The van der Waals surface area contributed by atoms with Crippen molar-refractivity contribution >= 4 is 6.08 Å². The fourth-order valence-corrected chi connectivity index (χ4v) is 1.13. The fraction of sp³-hybridized carbons (Fsp3) is 0.273. The zero-order valence-electron chi connectivity index (χ0n) is 7.95. The maximum Gasteiger partial charge on any atom is 0.165 e. The molecule has 0 aliphatic heterocycles. The fourth-order valence-electron chi connectivity index (χ4n) is 1.13. The molecule has 1 aromatic carbocycles. The number of allylic oxidation sites excluding steroid dienone is 1. The van der Waals surface area contributed by atoms with Gasteiger partial charge in [-0.05, 0) is 19.9 Å². The summed E-state index contributed by atoms with van der Waals surface area (Å²) in [6.45, 7) is 4.36. The van der Waals surface area contributed by atoms with Gasteiger partial charge in [0.05, 0.1) is 6.61 Å². The first-order valence-electron chi connectivity index (χ1n) is 4.37. The van der Waals surface area contributed by atoms with Gasteiger partial charge in [0, 0.05) is 5.56 Å². The number of rotatable bonds is 3. The van der Waals surface area contributed by atoms with E-state index in [9.17, 15) is 5.11 Å². The smallest absolute Gasteiger partial charge is 0.165 e. The summed E-state index contributed by atoms with van der Waals surface area (Å²) in [5.74, 6) is 0.751. The molecule has 0 aliphatic rings. The van der Waals surface area contributed by atoms with Gasteiger partial charge in [0.2, 0.25) is 0 Å². The van der Waals surface area contributed by atoms with Crippen LogP contribution in [0.4, 0.5) is 0 Å². The van der Waals surface area contributed by atoms with E-state index in [2.05, 4.69) is 0 Å². The molecule has 0 fully saturated rings. The molecular formula is C11H14O2. The highest BCUT2D eigenvalue weighted by Gasteiger charge is 2.03. The molecule has 0 amide bonds. The second-order valence-corrected chi connectivity index (χ2v) is 2.63. The summed E-state index contributed by atoms with van der Waals surface area (Å²) in [6.07, 6.45) is 3.72. The number of benzene rings is 1. The lowest BCUT2D eigenvalue weighted by molar-refractivity contribution is 0.318. The van der Waals surface area contributed by atoms with Crippen LogP contribution in [0.3, 0.4) is 0 Å². The van der Waals surface area contributed by atoms with Crippen LogP contribution in [0.2, 0.25) is 0 Å². The summed E-state index contributed by atoms with van der Waals surface area (Å²) in [7, 11) is 0. The van der Waals surface area contributed by atoms with Gasteiger partial charge in [0.1, 0.15) is 0 Å². The monoisotopic (exact) mass is 178 g/mol. The zero-order valence-corrected chi connectivity index (χ0v) is 7.95. The summed E-state index contributed by atoms with van der Waals surface area (Å²) < 4.78 is 5.24. The molecule has 0 unspecified atom stereocenters. The van der Waals surface area contributed by atoms with Gasteiger partial charge in [-0.1, -0.05) is 24.3 Å². The van der Waals surface area contributed by atoms with E-state index in [-0.39, 0.29) is 5.75 Å². The van der Waals surface area contributed by atoms with Crippen molar-refractivity contribution < 1.29 is 9.84 Å². The number of phenolic OH excluding ortho intramolecular Hbond substituents is 1. The molecular weight excluding hydrogens is 164 g/mol. The van der Waals surface area contributed by atoms with E-state index in [1.807, 2.05) is 38.1 Å². The van der Waals surface area contributed by atoms with E-state index < -0.39 is 0 Å². The van der Waals surface area contributed by atoms with Gasteiger partial charge in [-0.15, -0.1) is 0 Å². The molecule has 0 aromatic heterocycles. The predicted molar refractivity (Wildman–Crippen MR) is 54.0 cm³/mol. The van der Waals surface area contributed by atoms with Gasteiger partial charge < -0.3 is 9.84 Å². The van der Waals surface area contributed by atoms with E-state index >= 15 is 0 Å². The Bertz CT molecular complexity index is 303. The summed E-state index contributed by atoms with van der Waals surface area (Å²) in [4.78, 5) is 0. The molecule has 0 bridgehead atoms. The molecule has 2 nitrogen and oxygen atoms in total. The molecule has 70 valence electrons. The SMILES string of the molecule is C/C=C\c1cccc(OCC)c1O. The molecule has 0 aliphatic carbocycles. The van der Waals surface area contributed by atoms with Crippen molar-refractivity contribution in [3.63, 3.8) is 0 Å². The largest absolute Gasteiger partial charge is 0.504 e. The van der Waals surface area contributed by atoms with Gasteiger partial charge in [0.15, 0.2) is 11.5 Å². The van der Waals surface area contributed by atoms with E-state index in [4.69, 9.17) is 4.74 Å². The molecule has 13 heavy (non-hydrogen) atoms. The molecule has 0 spiro atoms. The maximum absolute atomic E-state index is 9.67. The van der Waals surface area contributed by atoms with Crippen LogP contribution in [-0.2, 0) is 0 Å². The normalized spacial score (nSPS) is 10.6.